The molecule has 1 aromatic carbocycles. The van der Waals surface area contributed by atoms with Gasteiger partial charge in [0.2, 0.25) is 5.91 Å². The molecule has 29 heavy (non-hydrogen) atoms. The SMILES string of the molecule is CC(C)S(=O)(=O)c1ccc(CC(=O)NCc2ccc(C(O)c3cccs3)s2)cc1. The Labute approximate surface area is 179 Å². The average molecular weight is 450 g/mol. The molecule has 1 amide bonds. The smallest absolute Gasteiger partial charge is 0.224 e. The standard InChI is InChI=1S/C21H23NO4S3/c1-14(2)29(25,26)17-8-5-15(6-9-17)12-20(23)22-13-16-7-10-19(28-16)21(24)18-4-3-11-27-18/h3-11,14,21,24H,12-13H2,1-2H3,(H,22,23). The van der Waals surface area contributed by atoms with Crippen LogP contribution in [0.15, 0.2) is 58.8 Å². The zero-order valence-electron chi connectivity index (χ0n) is 16.2. The van der Waals surface area contributed by atoms with E-state index in [0.29, 0.717) is 6.54 Å². The van der Waals surface area contributed by atoms with Crippen LogP contribution >= 0.6 is 22.7 Å². The predicted molar refractivity (Wildman–Crippen MR) is 117 cm³/mol. The lowest BCUT2D eigenvalue weighted by atomic mass is 10.1. The molecule has 0 spiro atoms. The largest absolute Gasteiger partial charge is 0.382 e. The van der Waals surface area contributed by atoms with E-state index in [0.717, 1.165) is 20.2 Å². The second-order valence-electron chi connectivity index (χ2n) is 6.91. The van der Waals surface area contributed by atoms with Gasteiger partial charge < -0.3 is 10.4 Å². The number of amides is 1. The van der Waals surface area contributed by atoms with Gasteiger partial charge in [-0.1, -0.05) is 18.2 Å². The Morgan fingerprint density at radius 3 is 2.41 bits per heavy atom. The number of aliphatic hydroxyl groups excluding tert-OH is 1. The average Bonchev–Trinajstić information content (AvgIpc) is 3.38. The number of thiophene rings is 2. The maximum atomic E-state index is 12.2. The molecule has 0 aliphatic carbocycles. The highest BCUT2D eigenvalue weighted by Gasteiger charge is 2.19. The van der Waals surface area contributed by atoms with Crippen molar-refractivity contribution in [2.75, 3.05) is 0 Å². The second kappa shape index (κ2) is 9.21. The highest BCUT2D eigenvalue weighted by atomic mass is 32.2. The summed E-state index contributed by atoms with van der Waals surface area (Å²) in [6.07, 6.45) is -0.456. The maximum absolute atomic E-state index is 12.2. The zero-order chi connectivity index (χ0) is 21.0. The summed E-state index contributed by atoms with van der Waals surface area (Å²) in [6, 6.07) is 14.0. The number of hydrogen-bond acceptors (Lipinski definition) is 6. The van der Waals surface area contributed by atoms with E-state index in [2.05, 4.69) is 5.32 Å². The van der Waals surface area contributed by atoms with Gasteiger partial charge in [0, 0.05) is 14.6 Å². The zero-order valence-corrected chi connectivity index (χ0v) is 18.6. The first kappa shape index (κ1) is 21.7. The van der Waals surface area contributed by atoms with Crippen LogP contribution in [0.2, 0.25) is 0 Å². The fraction of sp³-hybridized carbons (Fsp3) is 0.286. The number of carbonyl (C=O) groups excluding carboxylic acids is 1. The summed E-state index contributed by atoms with van der Waals surface area (Å²) >= 11 is 2.98. The van der Waals surface area contributed by atoms with Crippen LogP contribution in [-0.4, -0.2) is 24.7 Å². The number of rotatable bonds is 8. The van der Waals surface area contributed by atoms with Crippen molar-refractivity contribution in [3.05, 3.63) is 74.1 Å². The Bertz CT molecular complexity index is 1050. The summed E-state index contributed by atoms with van der Waals surface area (Å²) in [5, 5.41) is 14.7. The molecule has 0 aliphatic heterocycles. The lowest BCUT2D eigenvalue weighted by Gasteiger charge is -2.09. The summed E-state index contributed by atoms with van der Waals surface area (Å²) in [5.74, 6) is -0.141. The Hall–Kier alpha value is -2.00. The molecule has 0 fully saturated rings. The van der Waals surface area contributed by atoms with E-state index in [1.807, 2.05) is 29.6 Å². The molecule has 2 heterocycles. The third kappa shape index (κ3) is 5.33. The van der Waals surface area contributed by atoms with Gasteiger partial charge in [0.1, 0.15) is 6.10 Å². The van der Waals surface area contributed by atoms with Crippen molar-refractivity contribution < 1.29 is 18.3 Å². The van der Waals surface area contributed by atoms with Crippen LogP contribution in [0.4, 0.5) is 0 Å². The molecule has 0 saturated carbocycles. The van der Waals surface area contributed by atoms with Crippen molar-refractivity contribution in [3.8, 4) is 0 Å². The minimum absolute atomic E-state index is 0.141. The highest BCUT2D eigenvalue weighted by molar-refractivity contribution is 7.92. The lowest BCUT2D eigenvalue weighted by Crippen LogP contribution is -2.24. The molecular weight excluding hydrogens is 426 g/mol. The van der Waals surface area contributed by atoms with Crippen LogP contribution in [0, 0.1) is 0 Å². The monoisotopic (exact) mass is 449 g/mol. The van der Waals surface area contributed by atoms with Crippen LogP contribution in [0.1, 0.15) is 40.1 Å². The van der Waals surface area contributed by atoms with Gasteiger partial charge >= 0.3 is 0 Å². The first-order valence-corrected chi connectivity index (χ1v) is 12.4. The normalized spacial score (nSPS) is 12.8. The van der Waals surface area contributed by atoms with E-state index in [9.17, 15) is 18.3 Å². The molecule has 0 aliphatic rings. The van der Waals surface area contributed by atoms with Gasteiger partial charge in [-0.05, 0) is 55.1 Å². The molecule has 3 rings (SSSR count). The van der Waals surface area contributed by atoms with Gasteiger partial charge in [-0.25, -0.2) is 8.42 Å². The topological polar surface area (TPSA) is 83.5 Å². The molecule has 0 bridgehead atoms. The summed E-state index contributed by atoms with van der Waals surface area (Å²) in [5.41, 5.74) is 0.755. The van der Waals surface area contributed by atoms with E-state index in [4.69, 9.17) is 0 Å². The first-order valence-electron chi connectivity index (χ1n) is 9.17. The molecule has 0 radical (unpaired) electrons. The van der Waals surface area contributed by atoms with E-state index >= 15 is 0 Å². The second-order valence-corrected chi connectivity index (χ2v) is 11.6. The summed E-state index contributed by atoms with van der Waals surface area (Å²) < 4.78 is 24.3. The molecule has 154 valence electrons. The van der Waals surface area contributed by atoms with Crippen molar-refractivity contribution in [2.45, 2.75) is 43.1 Å². The fourth-order valence-electron chi connectivity index (χ4n) is 2.73. The van der Waals surface area contributed by atoms with E-state index in [-0.39, 0.29) is 17.2 Å². The summed E-state index contributed by atoms with van der Waals surface area (Å²) in [6.45, 7) is 3.68. The Morgan fingerprint density at radius 2 is 1.79 bits per heavy atom. The highest BCUT2D eigenvalue weighted by Crippen LogP contribution is 2.30. The first-order chi connectivity index (χ1) is 13.8. The van der Waals surface area contributed by atoms with Crippen molar-refractivity contribution >= 4 is 38.4 Å². The Morgan fingerprint density at radius 1 is 1.07 bits per heavy atom. The third-order valence-corrected chi connectivity index (χ3v) is 8.69. The Balaban J connectivity index is 1.54. The number of aliphatic hydroxyl groups is 1. The molecular formula is C21H23NO4S3. The van der Waals surface area contributed by atoms with Crippen molar-refractivity contribution in [1.29, 1.82) is 0 Å². The number of nitrogens with one attached hydrogen (secondary N) is 1. The number of carbonyl (C=O) groups is 1. The Kier molecular flexibility index (Phi) is 6.89. The van der Waals surface area contributed by atoms with Crippen LogP contribution in [0.25, 0.3) is 0 Å². The van der Waals surface area contributed by atoms with Gasteiger partial charge in [0.25, 0.3) is 0 Å². The third-order valence-electron chi connectivity index (χ3n) is 4.46. The minimum atomic E-state index is -3.31. The van der Waals surface area contributed by atoms with Gasteiger partial charge in [-0.15, -0.1) is 22.7 Å². The molecule has 5 nitrogen and oxygen atoms in total. The van der Waals surface area contributed by atoms with E-state index < -0.39 is 21.2 Å². The minimum Gasteiger partial charge on any atom is -0.382 e. The number of hydrogen-bond donors (Lipinski definition) is 2. The lowest BCUT2D eigenvalue weighted by molar-refractivity contribution is -0.120. The van der Waals surface area contributed by atoms with Crippen LogP contribution < -0.4 is 5.32 Å². The van der Waals surface area contributed by atoms with Crippen LogP contribution in [0.5, 0.6) is 0 Å². The molecule has 1 unspecified atom stereocenters. The van der Waals surface area contributed by atoms with E-state index in [1.165, 1.54) is 22.7 Å². The predicted octanol–water partition coefficient (Wildman–Crippen LogP) is 3.93. The quantitative estimate of drug-likeness (QED) is 0.546. The fourth-order valence-corrected chi connectivity index (χ4v) is 5.55. The summed E-state index contributed by atoms with van der Waals surface area (Å²) in [4.78, 5) is 15.2. The maximum Gasteiger partial charge on any atom is 0.224 e. The molecule has 0 saturated heterocycles. The van der Waals surface area contributed by atoms with E-state index in [1.54, 1.807) is 38.1 Å². The number of benzene rings is 1. The summed E-state index contributed by atoms with van der Waals surface area (Å²) in [7, 11) is -3.31. The molecule has 2 N–H and O–H groups in total. The molecule has 3 aromatic rings. The van der Waals surface area contributed by atoms with Crippen molar-refractivity contribution in [3.63, 3.8) is 0 Å². The van der Waals surface area contributed by atoms with Crippen LogP contribution in [0.3, 0.4) is 0 Å². The van der Waals surface area contributed by atoms with Crippen molar-refractivity contribution in [2.24, 2.45) is 0 Å². The van der Waals surface area contributed by atoms with Gasteiger partial charge in [-0.3, -0.25) is 4.79 Å². The van der Waals surface area contributed by atoms with Gasteiger partial charge in [0.05, 0.1) is 23.1 Å². The van der Waals surface area contributed by atoms with Gasteiger partial charge in [-0.2, -0.15) is 0 Å². The van der Waals surface area contributed by atoms with Crippen LogP contribution in [-0.2, 0) is 27.6 Å². The number of sulfone groups is 1. The van der Waals surface area contributed by atoms with Crippen molar-refractivity contribution in [1.82, 2.24) is 5.32 Å². The van der Waals surface area contributed by atoms with Gasteiger partial charge in [0.15, 0.2) is 9.84 Å². The molecule has 1 atom stereocenters. The molecule has 8 heteroatoms. The molecule has 2 aromatic heterocycles.